The predicted molar refractivity (Wildman–Crippen MR) is 66.9 cm³/mol. The summed E-state index contributed by atoms with van der Waals surface area (Å²) in [7, 11) is -3.59. The Morgan fingerprint density at radius 1 is 1.59 bits per heavy atom. The number of aliphatic hydroxyl groups is 1. The fraction of sp³-hybridized carbons (Fsp3) is 0.444. The van der Waals surface area contributed by atoms with Crippen molar-refractivity contribution in [1.29, 1.82) is 0 Å². The Morgan fingerprint density at radius 3 is 2.88 bits per heavy atom. The van der Waals surface area contributed by atoms with Crippen LogP contribution in [0.5, 0.6) is 0 Å². The van der Waals surface area contributed by atoms with Crippen LogP contribution in [0, 0.1) is 11.8 Å². The van der Waals surface area contributed by atoms with Crippen molar-refractivity contribution < 1.29 is 13.5 Å². The molecule has 94 valence electrons. The summed E-state index contributed by atoms with van der Waals surface area (Å²) in [6.45, 7) is 3.20. The quantitative estimate of drug-likeness (QED) is 0.682. The van der Waals surface area contributed by atoms with Gasteiger partial charge in [0.05, 0.1) is 11.1 Å². The second kappa shape index (κ2) is 5.97. The second-order valence-electron chi connectivity index (χ2n) is 3.37. The summed E-state index contributed by atoms with van der Waals surface area (Å²) in [6, 6.07) is -0.193. The summed E-state index contributed by atoms with van der Waals surface area (Å²) >= 11 is 1.10. The van der Waals surface area contributed by atoms with Crippen LogP contribution in [0.2, 0.25) is 0 Å². The number of anilines is 1. The lowest BCUT2D eigenvalue weighted by Crippen LogP contribution is -2.35. The van der Waals surface area contributed by atoms with Crippen LogP contribution in [-0.2, 0) is 10.2 Å². The summed E-state index contributed by atoms with van der Waals surface area (Å²) in [4.78, 5) is 4.45. The van der Waals surface area contributed by atoms with Crippen molar-refractivity contribution in [2.45, 2.75) is 19.9 Å². The maximum Gasteiger partial charge on any atom is 0.301 e. The Kier molecular flexibility index (Phi) is 4.89. The molecule has 6 nitrogen and oxygen atoms in total. The first-order valence-electron chi connectivity index (χ1n) is 4.78. The predicted octanol–water partition coefficient (Wildman–Crippen LogP) is 0.142. The average molecular weight is 275 g/mol. The molecule has 17 heavy (non-hydrogen) atoms. The number of hydrogen-bond acceptors (Lipinski definition) is 5. The van der Waals surface area contributed by atoms with Gasteiger partial charge in [0.15, 0.2) is 5.13 Å². The van der Waals surface area contributed by atoms with Crippen LogP contribution in [0.4, 0.5) is 5.13 Å². The van der Waals surface area contributed by atoms with Gasteiger partial charge >= 0.3 is 10.2 Å². The van der Waals surface area contributed by atoms with Crippen molar-refractivity contribution in [2.24, 2.45) is 0 Å². The Morgan fingerprint density at radius 2 is 2.29 bits per heavy atom. The zero-order valence-electron chi connectivity index (χ0n) is 9.39. The van der Waals surface area contributed by atoms with E-state index in [4.69, 9.17) is 5.11 Å². The van der Waals surface area contributed by atoms with E-state index in [0.29, 0.717) is 4.88 Å². The third-order valence-electron chi connectivity index (χ3n) is 1.41. The first-order chi connectivity index (χ1) is 7.93. The summed E-state index contributed by atoms with van der Waals surface area (Å²) in [5.74, 6) is 5.10. The van der Waals surface area contributed by atoms with Crippen LogP contribution in [0.25, 0.3) is 0 Å². The molecule has 0 unspecified atom stereocenters. The van der Waals surface area contributed by atoms with E-state index in [1.165, 1.54) is 6.20 Å². The van der Waals surface area contributed by atoms with E-state index in [0.717, 1.165) is 11.3 Å². The largest absolute Gasteiger partial charge is 0.384 e. The number of aliphatic hydroxyl groups excluding tert-OH is 1. The maximum atomic E-state index is 11.5. The number of aromatic nitrogens is 1. The van der Waals surface area contributed by atoms with E-state index in [2.05, 4.69) is 26.3 Å². The van der Waals surface area contributed by atoms with Crippen molar-refractivity contribution in [1.82, 2.24) is 9.71 Å². The number of rotatable bonds is 4. The van der Waals surface area contributed by atoms with E-state index in [1.807, 2.05) is 0 Å². The first kappa shape index (κ1) is 13.9. The Bertz CT molecular complexity index is 525. The van der Waals surface area contributed by atoms with Crippen LogP contribution in [0.15, 0.2) is 6.20 Å². The highest BCUT2D eigenvalue weighted by Crippen LogP contribution is 2.17. The second-order valence-corrected chi connectivity index (χ2v) is 5.84. The smallest absolute Gasteiger partial charge is 0.301 e. The molecule has 1 aromatic heterocycles. The molecular weight excluding hydrogens is 262 g/mol. The van der Waals surface area contributed by atoms with Crippen molar-refractivity contribution in [3.8, 4) is 11.8 Å². The molecule has 0 aromatic carbocycles. The van der Waals surface area contributed by atoms with Gasteiger partial charge in [0.2, 0.25) is 0 Å². The van der Waals surface area contributed by atoms with Gasteiger partial charge in [0.25, 0.3) is 0 Å². The SMILES string of the molecule is CC(C)NS(=O)(=O)Nc1ncc(C#CCO)s1. The zero-order chi connectivity index (χ0) is 12.9. The van der Waals surface area contributed by atoms with Crippen molar-refractivity contribution in [2.75, 3.05) is 11.3 Å². The molecular formula is C9H13N3O3S2. The molecule has 0 spiro atoms. The summed E-state index contributed by atoms with van der Waals surface area (Å²) in [5.41, 5.74) is 0. The highest BCUT2D eigenvalue weighted by atomic mass is 32.2. The van der Waals surface area contributed by atoms with Crippen LogP contribution in [-0.4, -0.2) is 31.2 Å². The van der Waals surface area contributed by atoms with Crippen molar-refractivity contribution in [3.63, 3.8) is 0 Å². The highest BCUT2D eigenvalue weighted by molar-refractivity contribution is 7.91. The van der Waals surface area contributed by atoms with E-state index in [1.54, 1.807) is 13.8 Å². The van der Waals surface area contributed by atoms with Crippen LogP contribution in [0.3, 0.4) is 0 Å². The van der Waals surface area contributed by atoms with Gasteiger partial charge in [0, 0.05) is 6.04 Å². The van der Waals surface area contributed by atoms with E-state index in [-0.39, 0.29) is 17.8 Å². The number of thiazole rings is 1. The lowest BCUT2D eigenvalue weighted by Gasteiger charge is -2.08. The number of nitrogens with zero attached hydrogens (tertiary/aromatic N) is 1. The van der Waals surface area contributed by atoms with Crippen LogP contribution in [0.1, 0.15) is 18.7 Å². The minimum absolute atomic E-state index is 0.193. The zero-order valence-corrected chi connectivity index (χ0v) is 11.0. The fourth-order valence-corrected chi connectivity index (χ4v) is 2.96. The van der Waals surface area contributed by atoms with Gasteiger partial charge in [0.1, 0.15) is 6.61 Å². The molecule has 1 heterocycles. The van der Waals surface area contributed by atoms with E-state index in [9.17, 15) is 8.42 Å². The summed E-state index contributed by atoms with van der Waals surface area (Å²) in [5, 5.41) is 8.75. The van der Waals surface area contributed by atoms with Crippen molar-refractivity contribution in [3.05, 3.63) is 11.1 Å². The Hall–Kier alpha value is -1.14. The molecule has 0 saturated heterocycles. The Labute approximate surface area is 104 Å². The van der Waals surface area contributed by atoms with Gasteiger partial charge in [-0.05, 0) is 13.8 Å². The maximum absolute atomic E-state index is 11.5. The lowest BCUT2D eigenvalue weighted by atomic mass is 10.4. The summed E-state index contributed by atoms with van der Waals surface area (Å²) in [6.07, 6.45) is 1.44. The molecule has 3 N–H and O–H groups in total. The topological polar surface area (TPSA) is 91.3 Å². The van der Waals surface area contributed by atoms with Gasteiger partial charge in [-0.1, -0.05) is 23.2 Å². The molecule has 0 bridgehead atoms. The third kappa shape index (κ3) is 5.14. The molecule has 0 aliphatic carbocycles. The Balaban J connectivity index is 2.73. The van der Waals surface area contributed by atoms with Gasteiger partial charge < -0.3 is 5.11 Å². The number of hydrogen-bond donors (Lipinski definition) is 3. The molecule has 0 aliphatic rings. The minimum Gasteiger partial charge on any atom is -0.384 e. The van der Waals surface area contributed by atoms with E-state index < -0.39 is 10.2 Å². The fourth-order valence-electron chi connectivity index (χ4n) is 0.960. The average Bonchev–Trinajstić information content (AvgIpc) is 2.59. The molecule has 0 amide bonds. The molecule has 0 fully saturated rings. The van der Waals surface area contributed by atoms with Crippen LogP contribution >= 0.6 is 11.3 Å². The molecule has 0 saturated carbocycles. The van der Waals surface area contributed by atoms with Crippen LogP contribution < -0.4 is 9.44 Å². The lowest BCUT2D eigenvalue weighted by molar-refractivity contribution is 0.350. The molecule has 1 rings (SSSR count). The third-order valence-corrected chi connectivity index (χ3v) is 3.61. The van der Waals surface area contributed by atoms with Gasteiger partial charge in [-0.3, -0.25) is 0 Å². The molecule has 1 aromatic rings. The standard InChI is InChI=1S/C9H13N3O3S2/c1-7(2)11-17(14,15)12-9-10-6-8(16-9)4-3-5-13/h6-7,11,13H,5H2,1-2H3,(H,10,12). The molecule has 0 atom stereocenters. The van der Waals surface area contributed by atoms with Gasteiger partial charge in [-0.15, -0.1) is 0 Å². The van der Waals surface area contributed by atoms with E-state index >= 15 is 0 Å². The summed E-state index contributed by atoms with van der Waals surface area (Å²) < 4.78 is 27.7. The molecule has 0 radical (unpaired) electrons. The monoisotopic (exact) mass is 275 g/mol. The highest BCUT2D eigenvalue weighted by Gasteiger charge is 2.13. The normalized spacial score (nSPS) is 11.1. The molecule has 8 heteroatoms. The number of nitrogens with one attached hydrogen (secondary N) is 2. The van der Waals surface area contributed by atoms with Gasteiger partial charge in [-0.2, -0.15) is 13.1 Å². The van der Waals surface area contributed by atoms with Gasteiger partial charge in [-0.25, -0.2) is 9.71 Å². The minimum atomic E-state index is -3.59. The molecule has 0 aliphatic heterocycles. The first-order valence-corrected chi connectivity index (χ1v) is 7.08. The van der Waals surface area contributed by atoms with Crippen molar-refractivity contribution >= 4 is 26.7 Å².